The van der Waals surface area contributed by atoms with E-state index in [-0.39, 0.29) is 51.4 Å². The molecule has 0 atom stereocenters. The topological polar surface area (TPSA) is 26.1 Å². The van der Waals surface area contributed by atoms with Gasteiger partial charge in [0.15, 0.2) is 0 Å². The zero-order chi connectivity index (χ0) is 5.11. The summed E-state index contributed by atoms with van der Waals surface area (Å²) in [5.41, 5.74) is 1.05. The zero-order valence-corrected chi connectivity index (χ0v) is 8.40. The Morgan fingerprint density at radius 3 is 2.62 bits per heavy atom. The Bertz CT molecular complexity index is 74.5. The number of hydrogen-bond donors (Lipinski definition) is 1. The van der Waals surface area contributed by atoms with Crippen LogP contribution >= 0.6 is 0 Å². The molecule has 1 heterocycles. The summed E-state index contributed by atoms with van der Waals surface area (Å²) in [5.74, 6) is 0. The van der Waals surface area contributed by atoms with Crippen LogP contribution in [0, 0.1) is 0 Å². The number of hydrogen-bond acceptors (Lipinski definition) is 1. The van der Waals surface area contributed by atoms with Gasteiger partial charge in [-0.15, -0.1) is 13.1 Å². The van der Waals surface area contributed by atoms with Gasteiger partial charge in [-0.05, 0) is 12.2 Å². The fraction of sp³-hybridized carbons (Fsp3) is 0.600. The van der Waals surface area contributed by atoms with E-state index in [0.29, 0.717) is 0 Å². The van der Waals surface area contributed by atoms with E-state index in [1.54, 1.807) is 0 Å². The largest absolute Gasteiger partial charge is 1.00 e. The average molecular weight is 136 g/mol. The Hall–Kier alpha value is 1.14. The van der Waals surface area contributed by atoms with E-state index in [1.807, 2.05) is 0 Å². The van der Waals surface area contributed by atoms with E-state index >= 15 is 0 Å². The Balaban J connectivity index is 0.000000490. The predicted octanol–water partition coefficient (Wildman–Crippen LogP) is -2.52. The van der Waals surface area contributed by atoms with Crippen LogP contribution in [0.5, 0.6) is 0 Å². The Labute approximate surface area is 92.5 Å². The molecule has 0 spiro atoms. The molecular weight excluding hydrogens is 127 g/mol. The molecule has 1 aliphatic rings. The summed E-state index contributed by atoms with van der Waals surface area (Å²) in [6.07, 6.45) is 0. The number of piperazine rings is 1. The minimum absolute atomic E-state index is 0. The number of nitrogens with zero attached hydrogens (tertiary/aromatic N) is 1. The Kier molecular flexibility index (Phi) is 5.67. The molecule has 40 valence electrons. The van der Waals surface area contributed by atoms with E-state index in [9.17, 15) is 0 Å². The van der Waals surface area contributed by atoms with E-state index in [0.717, 1.165) is 25.3 Å². The van der Waals surface area contributed by atoms with Crippen molar-refractivity contribution in [2.45, 2.75) is 0 Å². The summed E-state index contributed by atoms with van der Waals surface area (Å²) < 4.78 is 0. The van der Waals surface area contributed by atoms with Crippen molar-refractivity contribution in [1.29, 1.82) is 0 Å². The van der Waals surface area contributed by atoms with Crippen molar-refractivity contribution < 1.29 is 51.4 Å². The average Bonchev–Trinajstić information content (AvgIpc) is 1.69. The van der Waals surface area contributed by atoms with Crippen molar-refractivity contribution >= 4 is 0 Å². The standard InChI is InChI=1S/C5H9N2.K/c1-5-4-6-2-3-7-5;/h7H,1-4H2;/q-1;+1. The molecule has 0 aliphatic carbocycles. The first-order chi connectivity index (χ1) is 3.39. The number of rotatable bonds is 0. The Morgan fingerprint density at radius 1 is 1.62 bits per heavy atom. The van der Waals surface area contributed by atoms with E-state index in [4.69, 9.17) is 0 Å². The molecule has 1 saturated heterocycles. The summed E-state index contributed by atoms with van der Waals surface area (Å²) in [7, 11) is 0. The SMILES string of the molecule is C=C1C[N-]CCN1.[K+]. The maximum atomic E-state index is 4.10. The van der Waals surface area contributed by atoms with Crippen LogP contribution in [-0.4, -0.2) is 19.6 Å². The quantitative estimate of drug-likeness (QED) is 0.366. The molecule has 0 unspecified atom stereocenters. The molecule has 2 nitrogen and oxygen atoms in total. The molecule has 1 rings (SSSR count). The van der Waals surface area contributed by atoms with Crippen molar-refractivity contribution in [1.82, 2.24) is 5.32 Å². The monoisotopic (exact) mass is 136 g/mol. The van der Waals surface area contributed by atoms with Gasteiger partial charge in [-0.2, -0.15) is 0 Å². The summed E-state index contributed by atoms with van der Waals surface area (Å²) in [5, 5.41) is 7.19. The smallest absolute Gasteiger partial charge is 0.656 e. The van der Waals surface area contributed by atoms with Gasteiger partial charge in [0.1, 0.15) is 0 Å². The van der Waals surface area contributed by atoms with Gasteiger partial charge in [0.25, 0.3) is 0 Å². The molecule has 1 aliphatic heterocycles. The van der Waals surface area contributed by atoms with Gasteiger partial charge in [-0.3, -0.25) is 0 Å². The molecule has 0 bridgehead atoms. The van der Waals surface area contributed by atoms with Crippen molar-refractivity contribution in [2.75, 3.05) is 19.6 Å². The van der Waals surface area contributed by atoms with Crippen LogP contribution in [0.3, 0.4) is 0 Å². The molecule has 0 aromatic carbocycles. The molecule has 0 aromatic heterocycles. The summed E-state index contributed by atoms with van der Waals surface area (Å²) in [4.78, 5) is 0. The third kappa shape index (κ3) is 3.22. The molecule has 0 amide bonds. The van der Waals surface area contributed by atoms with Crippen LogP contribution in [0.15, 0.2) is 12.3 Å². The van der Waals surface area contributed by atoms with Gasteiger partial charge in [-0.25, -0.2) is 0 Å². The van der Waals surface area contributed by atoms with Gasteiger partial charge in [0, 0.05) is 0 Å². The first kappa shape index (κ1) is 9.14. The first-order valence-corrected chi connectivity index (χ1v) is 2.44. The van der Waals surface area contributed by atoms with Crippen LogP contribution in [0.4, 0.5) is 0 Å². The zero-order valence-electron chi connectivity index (χ0n) is 5.28. The van der Waals surface area contributed by atoms with Gasteiger partial charge in [0.05, 0.1) is 0 Å². The Morgan fingerprint density at radius 2 is 2.38 bits per heavy atom. The van der Waals surface area contributed by atoms with E-state index < -0.39 is 0 Å². The first-order valence-electron chi connectivity index (χ1n) is 2.44. The van der Waals surface area contributed by atoms with Gasteiger partial charge < -0.3 is 10.6 Å². The number of nitrogens with one attached hydrogen (secondary N) is 1. The van der Waals surface area contributed by atoms with Crippen LogP contribution in [0.1, 0.15) is 0 Å². The molecule has 0 aromatic rings. The van der Waals surface area contributed by atoms with Crippen molar-refractivity contribution in [2.24, 2.45) is 0 Å². The molecule has 1 N–H and O–H groups in total. The van der Waals surface area contributed by atoms with Crippen LogP contribution < -0.4 is 56.7 Å². The van der Waals surface area contributed by atoms with E-state index in [1.165, 1.54) is 0 Å². The minimum Gasteiger partial charge on any atom is -0.656 e. The van der Waals surface area contributed by atoms with Crippen LogP contribution in [0.25, 0.3) is 5.32 Å². The maximum Gasteiger partial charge on any atom is 1.00 e. The van der Waals surface area contributed by atoms with Crippen molar-refractivity contribution in [3.05, 3.63) is 17.6 Å². The summed E-state index contributed by atoms with van der Waals surface area (Å²) >= 11 is 0. The molecular formula is C5H9KN2. The molecule has 0 radical (unpaired) electrons. The second-order valence-electron chi connectivity index (χ2n) is 1.64. The molecule has 0 saturated carbocycles. The third-order valence-electron chi connectivity index (χ3n) is 0.948. The second-order valence-corrected chi connectivity index (χ2v) is 1.64. The van der Waals surface area contributed by atoms with Crippen LogP contribution in [-0.2, 0) is 0 Å². The van der Waals surface area contributed by atoms with Crippen molar-refractivity contribution in [3.8, 4) is 0 Å². The van der Waals surface area contributed by atoms with Gasteiger partial charge in [0.2, 0.25) is 0 Å². The van der Waals surface area contributed by atoms with E-state index in [2.05, 4.69) is 17.2 Å². The normalized spacial score (nSPS) is 18.8. The fourth-order valence-electron chi connectivity index (χ4n) is 0.582. The van der Waals surface area contributed by atoms with Gasteiger partial charge in [-0.1, -0.05) is 6.58 Å². The summed E-state index contributed by atoms with van der Waals surface area (Å²) in [6.45, 7) is 6.43. The maximum absolute atomic E-state index is 4.10. The molecule has 3 heteroatoms. The second kappa shape index (κ2) is 4.96. The van der Waals surface area contributed by atoms with Crippen LogP contribution in [0.2, 0.25) is 0 Å². The predicted molar refractivity (Wildman–Crippen MR) is 30.2 cm³/mol. The molecule has 1 fully saturated rings. The summed E-state index contributed by atoms with van der Waals surface area (Å²) in [6, 6.07) is 0. The van der Waals surface area contributed by atoms with Gasteiger partial charge >= 0.3 is 51.4 Å². The third-order valence-corrected chi connectivity index (χ3v) is 0.948. The minimum atomic E-state index is 0. The van der Waals surface area contributed by atoms with Crippen molar-refractivity contribution in [3.63, 3.8) is 0 Å². The molecule has 8 heavy (non-hydrogen) atoms. The fourth-order valence-corrected chi connectivity index (χ4v) is 0.582.